The summed E-state index contributed by atoms with van der Waals surface area (Å²) in [6.07, 6.45) is 1.68. The summed E-state index contributed by atoms with van der Waals surface area (Å²) in [5, 5.41) is 2.94. The first kappa shape index (κ1) is 19.3. The zero-order chi connectivity index (χ0) is 18.4. The lowest BCUT2D eigenvalue weighted by atomic mass is 9.93. The van der Waals surface area contributed by atoms with Crippen LogP contribution in [0.3, 0.4) is 0 Å². The van der Waals surface area contributed by atoms with Gasteiger partial charge in [-0.1, -0.05) is 37.3 Å². The second-order valence-electron chi connectivity index (χ2n) is 7.84. The van der Waals surface area contributed by atoms with Gasteiger partial charge in [0.1, 0.15) is 5.60 Å². The molecule has 1 aromatic rings. The van der Waals surface area contributed by atoms with Crippen LogP contribution in [0.2, 0.25) is 0 Å². The van der Waals surface area contributed by atoms with Crippen molar-refractivity contribution in [3.63, 3.8) is 0 Å². The van der Waals surface area contributed by atoms with Crippen LogP contribution in [0.15, 0.2) is 30.3 Å². The van der Waals surface area contributed by atoms with Gasteiger partial charge in [0.2, 0.25) is 5.91 Å². The molecule has 1 fully saturated rings. The van der Waals surface area contributed by atoms with E-state index in [0.717, 1.165) is 12.8 Å². The van der Waals surface area contributed by atoms with E-state index in [9.17, 15) is 9.59 Å². The number of benzene rings is 1. The van der Waals surface area contributed by atoms with Crippen molar-refractivity contribution in [3.8, 4) is 0 Å². The number of hydrogen-bond acceptors (Lipinski definition) is 3. The molecule has 25 heavy (non-hydrogen) atoms. The fourth-order valence-corrected chi connectivity index (χ4v) is 3.10. The molecule has 1 heterocycles. The number of aryl methyl sites for hydroxylation is 1. The standard InChI is InChI=1S/C20H30N2O3/c1-15-14-22(18(23)11-10-16-8-6-5-7-9-16)13-12-17(15)21-19(24)25-20(2,3)4/h5-9,15,17H,10-14H2,1-4H3,(H,21,24)/t15-,17+/m0/s1. The average Bonchev–Trinajstić information content (AvgIpc) is 2.53. The summed E-state index contributed by atoms with van der Waals surface area (Å²) in [6.45, 7) is 8.98. The highest BCUT2D eigenvalue weighted by Gasteiger charge is 2.30. The van der Waals surface area contributed by atoms with Gasteiger partial charge in [0.05, 0.1) is 0 Å². The minimum Gasteiger partial charge on any atom is -0.444 e. The molecule has 0 unspecified atom stereocenters. The molecule has 0 aromatic heterocycles. The quantitative estimate of drug-likeness (QED) is 0.909. The second kappa shape index (κ2) is 8.37. The SMILES string of the molecule is C[C@H]1CN(C(=O)CCc2ccccc2)CC[C@H]1NC(=O)OC(C)(C)C. The van der Waals surface area contributed by atoms with E-state index in [0.29, 0.717) is 19.5 Å². The van der Waals surface area contributed by atoms with Crippen LogP contribution < -0.4 is 5.32 Å². The van der Waals surface area contributed by atoms with E-state index in [1.807, 2.05) is 56.0 Å². The molecule has 1 aliphatic heterocycles. The number of likely N-dealkylation sites (tertiary alicyclic amines) is 1. The number of ether oxygens (including phenoxy) is 1. The topological polar surface area (TPSA) is 58.6 Å². The fourth-order valence-electron chi connectivity index (χ4n) is 3.10. The maximum atomic E-state index is 12.4. The third kappa shape index (κ3) is 6.40. The zero-order valence-corrected chi connectivity index (χ0v) is 15.7. The number of amides is 2. The van der Waals surface area contributed by atoms with E-state index < -0.39 is 5.60 Å². The van der Waals surface area contributed by atoms with Crippen LogP contribution >= 0.6 is 0 Å². The summed E-state index contributed by atoms with van der Waals surface area (Å²) < 4.78 is 5.32. The average molecular weight is 346 g/mol. The summed E-state index contributed by atoms with van der Waals surface area (Å²) in [6, 6.07) is 10.1. The summed E-state index contributed by atoms with van der Waals surface area (Å²) in [7, 11) is 0. The lowest BCUT2D eigenvalue weighted by Gasteiger charge is -2.37. The van der Waals surface area contributed by atoms with Crippen LogP contribution in [0, 0.1) is 5.92 Å². The summed E-state index contributed by atoms with van der Waals surface area (Å²) in [5.41, 5.74) is 0.687. The number of carbonyl (C=O) groups excluding carboxylic acids is 2. The Balaban J connectivity index is 1.78. The number of nitrogens with zero attached hydrogens (tertiary/aromatic N) is 1. The maximum absolute atomic E-state index is 12.4. The monoisotopic (exact) mass is 346 g/mol. The highest BCUT2D eigenvalue weighted by atomic mass is 16.6. The van der Waals surface area contributed by atoms with E-state index in [-0.39, 0.29) is 24.0 Å². The van der Waals surface area contributed by atoms with Crippen LogP contribution in [0.4, 0.5) is 4.79 Å². The number of carbonyl (C=O) groups is 2. The third-order valence-corrected chi connectivity index (χ3v) is 4.43. The maximum Gasteiger partial charge on any atom is 0.407 e. The lowest BCUT2D eigenvalue weighted by Crippen LogP contribution is -2.52. The molecule has 0 spiro atoms. The zero-order valence-electron chi connectivity index (χ0n) is 15.7. The van der Waals surface area contributed by atoms with Crippen LogP contribution in [-0.4, -0.2) is 41.6 Å². The van der Waals surface area contributed by atoms with Crippen molar-refractivity contribution in [2.24, 2.45) is 5.92 Å². The summed E-state index contributed by atoms with van der Waals surface area (Å²) >= 11 is 0. The Morgan fingerprint density at radius 1 is 1.24 bits per heavy atom. The predicted octanol–water partition coefficient (Wildman–Crippen LogP) is 3.38. The molecule has 2 amide bonds. The molecular formula is C20H30N2O3. The van der Waals surface area contributed by atoms with Gasteiger partial charge in [-0.15, -0.1) is 0 Å². The fraction of sp³-hybridized carbons (Fsp3) is 0.600. The molecule has 0 bridgehead atoms. The largest absolute Gasteiger partial charge is 0.444 e. The number of rotatable bonds is 4. The van der Waals surface area contributed by atoms with Crippen molar-refractivity contribution < 1.29 is 14.3 Å². The summed E-state index contributed by atoms with van der Waals surface area (Å²) in [5.74, 6) is 0.397. The lowest BCUT2D eigenvalue weighted by molar-refractivity contribution is -0.133. The van der Waals surface area contributed by atoms with Crippen molar-refractivity contribution in [1.29, 1.82) is 0 Å². The number of hydrogen-bond donors (Lipinski definition) is 1. The third-order valence-electron chi connectivity index (χ3n) is 4.43. The van der Waals surface area contributed by atoms with Crippen molar-refractivity contribution >= 4 is 12.0 Å². The first-order chi connectivity index (χ1) is 11.7. The van der Waals surface area contributed by atoms with Crippen LogP contribution in [0.1, 0.15) is 46.1 Å². The number of nitrogens with one attached hydrogen (secondary N) is 1. The molecule has 2 rings (SSSR count). The molecule has 5 heteroatoms. The molecule has 1 aliphatic rings. The van der Waals surface area contributed by atoms with E-state index in [1.165, 1.54) is 5.56 Å². The first-order valence-electron chi connectivity index (χ1n) is 9.06. The van der Waals surface area contributed by atoms with Gasteiger partial charge >= 0.3 is 6.09 Å². The Bertz CT molecular complexity index is 580. The highest BCUT2D eigenvalue weighted by Crippen LogP contribution is 2.19. The molecule has 1 aromatic carbocycles. The Labute approximate surface area is 150 Å². The highest BCUT2D eigenvalue weighted by molar-refractivity contribution is 5.76. The van der Waals surface area contributed by atoms with Crippen LogP contribution in [-0.2, 0) is 16.0 Å². The number of piperidine rings is 1. The van der Waals surface area contributed by atoms with E-state index in [2.05, 4.69) is 12.2 Å². The molecule has 138 valence electrons. The second-order valence-corrected chi connectivity index (χ2v) is 7.84. The van der Waals surface area contributed by atoms with E-state index in [1.54, 1.807) is 0 Å². The first-order valence-corrected chi connectivity index (χ1v) is 9.06. The van der Waals surface area contributed by atoms with Gasteiger partial charge in [-0.25, -0.2) is 4.79 Å². The van der Waals surface area contributed by atoms with E-state index in [4.69, 9.17) is 4.74 Å². The van der Waals surface area contributed by atoms with Gasteiger partial charge in [-0.05, 0) is 45.1 Å². The van der Waals surface area contributed by atoms with Gasteiger partial charge in [-0.3, -0.25) is 4.79 Å². The Kier molecular flexibility index (Phi) is 6.45. The Hall–Kier alpha value is -2.04. The van der Waals surface area contributed by atoms with Crippen LogP contribution in [0.5, 0.6) is 0 Å². The molecule has 2 atom stereocenters. The molecule has 1 N–H and O–H groups in total. The van der Waals surface area contributed by atoms with Crippen molar-refractivity contribution in [2.45, 2.75) is 58.6 Å². The molecule has 1 saturated heterocycles. The normalized spacial score (nSPS) is 20.9. The molecule has 0 aliphatic carbocycles. The minimum atomic E-state index is -0.499. The Morgan fingerprint density at radius 2 is 1.92 bits per heavy atom. The molecular weight excluding hydrogens is 316 g/mol. The van der Waals surface area contributed by atoms with E-state index >= 15 is 0 Å². The van der Waals surface area contributed by atoms with Gasteiger partial charge in [-0.2, -0.15) is 0 Å². The molecule has 5 nitrogen and oxygen atoms in total. The smallest absolute Gasteiger partial charge is 0.407 e. The van der Waals surface area contributed by atoms with Crippen molar-refractivity contribution in [2.75, 3.05) is 13.1 Å². The van der Waals surface area contributed by atoms with Crippen LogP contribution in [0.25, 0.3) is 0 Å². The van der Waals surface area contributed by atoms with Gasteiger partial charge < -0.3 is 15.0 Å². The van der Waals surface area contributed by atoms with Gasteiger partial charge in [0.15, 0.2) is 0 Å². The van der Waals surface area contributed by atoms with Crippen molar-refractivity contribution in [1.82, 2.24) is 10.2 Å². The van der Waals surface area contributed by atoms with Gasteiger partial charge in [0.25, 0.3) is 0 Å². The van der Waals surface area contributed by atoms with Gasteiger partial charge in [0, 0.05) is 25.6 Å². The molecule has 0 saturated carbocycles. The number of alkyl carbamates (subject to hydrolysis) is 1. The minimum absolute atomic E-state index is 0.0491. The van der Waals surface area contributed by atoms with Crippen molar-refractivity contribution in [3.05, 3.63) is 35.9 Å². The molecule has 0 radical (unpaired) electrons. The predicted molar refractivity (Wildman–Crippen MR) is 98.3 cm³/mol. The Morgan fingerprint density at radius 3 is 2.52 bits per heavy atom. The summed E-state index contributed by atoms with van der Waals surface area (Å²) in [4.78, 5) is 26.3.